The first-order valence-electron chi connectivity index (χ1n) is 8.72. The lowest BCUT2D eigenvalue weighted by atomic mass is 9.86. The van der Waals surface area contributed by atoms with E-state index in [1.165, 1.54) is 0 Å². The molecular weight excluding hydrogens is 348 g/mol. The van der Waals surface area contributed by atoms with Crippen molar-refractivity contribution in [2.45, 2.75) is 32.2 Å². The van der Waals surface area contributed by atoms with Crippen LogP contribution in [0.3, 0.4) is 0 Å². The third-order valence-corrected chi connectivity index (χ3v) is 5.05. The number of aromatic amines is 1. The number of amides is 1. The zero-order valence-electron chi connectivity index (χ0n) is 15.0. The first kappa shape index (κ1) is 17.4. The van der Waals surface area contributed by atoms with E-state index in [0.29, 0.717) is 12.4 Å². The van der Waals surface area contributed by atoms with Gasteiger partial charge < -0.3 is 9.88 Å². The molecule has 138 valence electrons. The lowest BCUT2D eigenvalue weighted by Crippen LogP contribution is -2.35. The normalized spacial score (nSPS) is 15.4. The number of carbonyl (C=O) groups is 1. The van der Waals surface area contributed by atoms with E-state index < -0.39 is 11.8 Å². The Balaban J connectivity index is 1.58. The molecule has 0 saturated carbocycles. The molecule has 0 spiro atoms. The summed E-state index contributed by atoms with van der Waals surface area (Å²) in [5, 5.41) is 0. The number of fused-ring (bicyclic) bond motifs is 1. The van der Waals surface area contributed by atoms with Crippen molar-refractivity contribution in [2.24, 2.45) is 0 Å². The van der Waals surface area contributed by atoms with E-state index in [-0.39, 0.29) is 11.6 Å². The number of imidazole rings is 1. The number of hydrogen-bond acceptors (Lipinski definition) is 2. The summed E-state index contributed by atoms with van der Waals surface area (Å²) in [6, 6.07) is 15.3. The standard InChI is InChI=1S/C21H19F2N3O/c1-21(2)15-5-3-4-6-17(15)26(20(21)27)12-13-7-9-14(10-8-13)19-24-11-16(25-19)18(22)23/h3-11,18H,12H2,1-2H3,(H,24,25). The van der Waals surface area contributed by atoms with Crippen molar-refractivity contribution in [3.8, 4) is 11.4 Å². The average Bonchev–Trinajstić information content (AvgIpc) is 3.22. The van der Waals surface area contributed by atoms with Gasteiger partial charge in [-0.05, 0) is 31.0 Å². The van der Waals surface area contributed by atoms with Crippen LogP contribution in [-0.2, 0) is 16.8 Å². The summed E-state index contributed by atoms with van der Waals surface area (Å²) < 4.78 is 25.4. The first-order valence-corrected chi connectivity index (χ1v) is 8.72. The van der Waals surface area contributed by atoms with Crippen LogP contribution in [-0.4, -0.2) is 15.9 Å². The smallest absolute Gasteiger partial charge is 0.279 e. The highest BCUT2D eigenvalue weighted by Crippen LogP contribution is 2.42. The Kier molecular flexibility index (Phi) is 4.06. The van der Waals surface area contributed by atoms with Gasteiger partial charge in [0.15, 0.2) is 0 Å². The Labute approximate surface area is 155 Å². The van der Waals surface area contributed by atoms with Crippen molar-refractivity contribution in [1.82, 2.24) is 9.97 Å². The molecule has 27 heavy (non-hydrogen) atoms. The number of para-hydroxylation sites is 1. The molecule has 6 heteroatoms. The molecule has 2 heterocycles. The molecule has 0 atom stereocenters. The number of H-pyrrole nitrogens is 1. The highest BCUT2D eigenvalue weighted by molar-refractivity contribution is 6.07. The predicted octanol–water partition coefficient (Wildman–Crippen LogP) is 4.84. The largest absolute Gasteiger partial charge is 0.337 e. The first-order chi connectivity index (χ1) is 12.9. The molecule has 0 saturated heterocycles. The minimum Gasteiger partial charge on any atom is -0.337 e. The van der Waals surface area contributed by atoms with Crippen LogP contribution in [0.1, 0.15) is 37.1 Å². The molecule has 3 aromatic rings. The van der Waals surface area contributed by atoms with E-state index in [1.807, 2.05) is 62.4 Å². The minimum atomic E-state index is -2.57. The number of anilines is 1. The van der Waals surface area contributed by atoms with E-state index in [4.69, 9.17) is 0 Å². The molecule has 0 unspecified atom stereocenters. The summed E-state index contributed by atoms with van der Waals surface area (Å²) in [5.74, 6) is 0.473. The van der Waals surface area contributed by atoms with E-state index in [9.17, 15) is 13.6 Å². The Bertz CT molecular complexity index is 993. The highest BCUT2D eigenvalue weighted by atomic mass is 19.3. The zero-order valence-corrected chi connectivity index (χ0v) is 15.0. The Hall–Kier alpha value is -3.02. The third-order valence-electron chi connectivity index (χ3n) is 5.05. The summed E-state index contributed by atoms with van der Waals surface area (Å²) in [6.07, 6.45) is -1.43. The number of carbonyl (C=O) groups excluding carboxylic acids is 1. The Morgan fingerprint density at radius 1 is 1.11 bits per heavy atom. The third kappa shape index (κ3) is 2.91. The quantitative estimate of drug-likeness (QED) is 0.717. The second kappa shape index (κ2) is 6.30. The average molecular weight is 367 g/mol. The molecule has 0 radical (unpaired) electrons. The summed E-state index contributed by atoms with van der Waals surface area (Å²) in [6.45, 7) is 4.34. The maximum Gasteiger partial charge on any atom is 0.279 e. The van der Waals surface area contributed by atoms with Crippen LogP contribution in [0.5, 0.6) is 0 Å². The van der Waals surface area contributed by atoms with E-state index in [0.717, 1.165) is 28.6 Å². The van der Waals surface area contributed by atoms with Gasteiger partial charge in [-0.15, -0.1) is 0 Å². The number of alkyl halides is 2. The fraction of sp³-hybridized carbons (Fsp3) is 0.238. The summed E-state index contributed by atoms with van der Waals surface area (Å²) in [5.41, 5.74) is 2.90. The van der Waals surface area contributed by atoms with E-state index >= 15 is 0 Å². The van der Waals surface area contributed by atoms with Crippen LogP contribution in [0.4, 0.5) is 14.5 Å². The second-order valence-electron chi connectivity index (χ2n) is 7.22. The van der Waals surface area contributed by atoms with Crippen LogP contribution in [0.2, 0.25) is 0 Å². The highest BCUT2D eigenvalue weighted by Gasteiger charge is 2.43. The molecule has 2 aromatic carbocycles. The second-order valence-corrected chi connectivity index (χ2v) is 7.22. The Morgan fingerprint density at radius 2 is 1.81 bits per heavy atom. The van der Waals surface area contributed by atoms with Gasteiger partial charge in [-0.25, -0.2) is 13.8 Å². The fourth-order valence-corrected chi connectivity index (χ4v) is 3.50. The van der Waals surface area contributed by atoms with Gasteiger partial charge in [0.1, 0.15) is 11.5 Å². The minimum absolute atomic E-state index is 0.0698. The van der Waals surface area contributed by atoms with Gasteiger partial charge in [0.2, 0.25) is 5.91 Å². The van der Waals surface area contributed by atoms with Crippen LogP contribution < -0.4 is 4.90 Å². The topological polar surface area (TPSA) is 49.0 Å². The predicted molar refractivity (Wildman–Crippen MR) is 99.6 cm³/mol. The number of hydrogen-bond donors (Lipinski definition) is 1. The molecule has 1 N–H and O–H groups in total. The molecule has 4 rings (SSSR count). The molecule has 1 aliphatic heterocycles. The monoisotopic (exact) mass is 367 g/mol. The van der Waals surface area contributed by atoms with Crippen LogP contribution >= 0.6 is 0 Å². The van der Waals surface area contributed by atoms with Crippen molar-refractivity contribution in [2.75, 3.05) is 4.90 Å². The molecule has 1 aromatic heterocycles. The summed E-state index contributed by atoms with van der Waals surface area (Å²) in [4.78, 5) is 21.3. The molecular formula is C21H19F2N3O. The van der Waals surface area contributed by atoms with Gasteiger partial charge in [-0.3, -0.25) is 4.79 Å². The molecule has 1 aliphatic rings. The summed E-state index contributed by atoms with van der Waals surface area (Å²) in [7, 11) is 0. The van der Waals surface area contributed by atoms with Crippen molar-refractivity contribution < 1.29 is 13.6 Å². The fourth-order valence-electron chi connectivity index (χ4n) is 3.50. The number of halogens is 2. The van der Waals surface area contributed by atoms with Crippen molar-refractivity contribution in [3.63, 3.8) is 0 Å². The van der Waals surface area contributed by atoms with Gasteiger partial charge in [0.25, 0.3) is 6.43 Å². The van der Waals surface area contributed by atoms with Gasteiger partial charge in [-0.1, -0.05) is 42.5 Å². The van der Waals surface area contributed by atoms with Gasteiger partial charge in [0, 0.05) is 11.3 Å². The molecule has 4 nitrogen and oxygen atoms in total. The van der Waals surface area contributed by atoms with Gasteiger partial charge in [-0.2, -0.15) is 0 Å². The van der Waals surface area contributed by atoms with E-state index in [2.05, 4.69) is 9.97 Å². The SMILES string of the molecule is CC1(C)C(=O)N(Cc2ccc(-c3ncc(C(F)F)[nH]3)cc2)c2ccccc21. The number of nitrogens with zero attached hydrogens (tertiary/aromatic N) is 2. The van der Waals surface area contributed by atoms with Crippen LogP contribution in [0, 0.1) is 0 Å². The van der Waals surface area contributed by atoms with Crippen LogP contribution in [0.15, 0.2) is 54.7 Å². The molecule has 0 bridgehead atoms. The van der Waals surface area contributed by atoms with E-state index in [1.54, 1.807) is 4.90 Å². The maximum absolute atomic E-state index is 12.9. The lowest BCUT2D eigenvalue weighted by Gasteiger charge is -2.20. The Morgan fingerprint density at radius 3 is 2.48 bits per heavy atom. The molecule has 0 aliphatic carbocycles. The molecule has 1 amide bonds. The number of rotatable bonds is 4. The van der Waals surface area contributed by atoms with Crippen molar-refractivity contribution >= 4 is 11.6 Å². The van der Waals surface area contributed by atoms with Crippen LogP contribution in [0.25, 0.3) is 11.4 Å². The van der Waals surface area contributed by atoms with Crippen molar-refractivity contribution in [1.29, 1.82) is 0 Å². The van der Waals surface area contributed by atoms with Crippen molar-refractivity contribution in [3.05, 3.63) is 71.5 Å². The lowest BCUT2D eigenvalue weighted by molar-refractivity contribution is -0.122. The molecule has 0 fully saturated rings. The van der Waals surface area contributed by atoms with Gasteiger partial charge in [0.05, 0.1) is 18.2 Å². The zero-order chi connectivity index (χ0) is 19.2. The van der Waals surface area contributed by atoms with Gasteiger partial charge >= 0.3 is 0 Å². The maximum atomic E-state index is 12.9. The summed E-state index contributed by atoms with van der Waals surface area (Å²) >= 11 is 0. The number of benzene rings is 2. The number of aromatic nitrogens is 2. The number of nitrogens with one attached hydrogen (secondary N) is 1.